The van der Waals surface area contributed by atoms with Gasteiger partial charge in [-0.2, -0.15) is 13.2 Å². The van der Waals surface area contributed by atoms with E-state index in [9.17, 15) is 22.8 Å². The van der Waals surface area contributed by atoms with E-state index in [1.165, 1.54) is 30.7 Å². The zero-order valence-corrected chi connectivity index (χ0v) is 17.6. The molecule has 11 heteroatoms. The largest absolute Gasteiger partial charge is 0.495 e. The molecule has 2 heterocycles. The summed E-state index contributed by atoms with van der Waals surface area (Å²) in [6, 6.07) is 5.67. The fraction of sp³-hybridized carbons (Fsp3) is 0.222. The maximum Gasteiger partial charge on any atom is 0.447 e. The number of esters is 1. The molecule has 3 rings (SSSR count). The molecular formula is C18H13ClF3NO4S2. The monoisotopic (exact) mass is 463 g/mol. The van der Waals surface area contributed by atoms with Gasteiger partial charge < -0.3 is 9.47 Å². The van der Waals surface area contributed by atoms with Crippen molar-refractivity contribution in [1.82, 2.24) is 4.57 Å². The molecule has 0 fully saturated rings. The number of thiophene rings is 1. The number of thioether (sulfide) groups is 1. The average Bonchev–Trinajstić information content (AvgIpc) is 3.16. The number of nitrogens with zero attached hydrogens (tertiary/aromatic N) is 1. The SMILES string of the molecule is COc1ccc2c(c1Cl)c(OC(C)=O)c(C)n2C(=O)c1ccc(SC(F)(F)F)s1. The summed E-state index contributed by atoms with van der Waals surface area (Å²) in [7, 11) is 1.42. The van der Waals surface area contributed by atoms with Crippen LogP contribution in [-0.4, -0.2) is 29.1 Å². The quantitative estimate of drug-likeness (QED) is 0.356. The second kappa shape index (κ2) is 7.92. The minimum atomic E-state index is -4.45. The topological polar surface area (TPSA) is 57.5 Å². The third kappa shape index (κ3) is 4.24. The van der Waals surface area contributed by atoms with Crippen LogP contribution >= 0.6 is 34.7 Å². The highest BCUT2D eigenvalue weighted by molar-refractivity contribution is 8.02. The van der Waals surface area contributed by atoms with E-state index in [2.05, 4.69) is 0 Å². The fourth-order valence-corrected chi connectivity index (χ4v) is 4.89. The number of carbonyl (C=O) groups excluding carboxylic acids is 2. The molecule has 0 aliphatic carbocycles. The van der Waals surface area contributed by atoms with Crippen LogP contribution in [0.5, 0.6) is 11.5 Å². The Morgan fingerprint density at radius 2 is 1.90 bits per heavy atom. The highest BCUT2D eigenvalue weighted by Gasteiger charge is 2.31. The van der Waals surface area contributed by atoms with E-state index >= 15 is 0 Å². The zero-order valence-electron chi connectivity index (χ0n) is 15.2. The molecule has 0 aliphatic heterocycles. The summed E-state index contributed by atoms with van der Waals surface area (Å²) in [6.45, 7) is 2.76. The van der Waals surface area contributed by atoms with Gasteiger partial charge in [0.1, 0.15) is 5.75 Å². The smallest absolute Gasteiger partial charge is 0.447 e. The van der Waals surface area contributed by atoms with Crippen molar-refractivity contribution in [1.29, 1.82) is 0 Å². The van der Waals surface area contributed by atoms with E-state index < -0.39 is 17.4 Å². The molecule has 0 bridgehead atoms. The standard InChI is InChI=1S/C18H13ClF3NO4S2/c1-8-16(27-9(2)24)14-10(4-5-11(26-3)15(14)19)23(8)17(25)12-6-7-13(28-12)29-18(20,21)22/h4-7H,1-3H3. The molecule has 0 saturated carbocycles. The summed E-state index contributed by atoms with van der Waals surface area (Å²) in [5.41, 5.74) is -3.82. The van der Waals surface area contributed by atoms with E-state index in [0.29, 0.717) is 16.7 Å². The zero-order chi connectivity index (χ0) is 21.5. The Kier molecular flexibility index (Phi) is 5.88. The Morgan fingerprint density at radius 1 is 1.21 bits per heavy atom. The molecule has 0 N–H and O–H groups in total. The molecule has 5 nitrogen and oxygen atoms in total. The number of ether oxygens (including phenoxy) is 2. The van der Waals surface area contributed by atoms with Crippen LogP contribution in [0.4, 0.5) is 13.2 Å². The lowest BCUT2D eigenvalue weighted by atomic mass is 10.2. The number of fused-ring (bicyclic) bond motifs is 1. The van der Waals surface area contributed by atoms with Crippen LogP contribution in [0.1, 0.15) is 22.3 Å². The minimum absolute atomic E-state index is 0.0603. The van der Waals surface area contributed by atoms with Crippen molar-refractivity contribution in [2.24, 2.45) is 0 Å². The lowest BCUT2D eigenvalue weighted by Gasteiger charge is -2.07. The highest BCUT2D eigenvalue weighted by Crippen LogP contribution is 2.44. The summed E-state index contributed by atoms with van der Waals surface area (Å²) < 4.78 is 49.4. The summed E-state index contributed by atoms with van der Waals surface area (Å²) in [5, 5.41) is 0.448. The van der Waals surface area contributed by atoms with Gasteiger partial charge in [-0.3, -0.25) is 14.2 Å². The van der Waals surface area contributed by atoms with Crippen LogP contribution in [-0.2, 0) is 4.79 Å². The minimum Gasteiger partial charge on any atom is -0.495 e. The number of halogens is 4. The van der Waals surface area contributed by atoms with Crippen LogP contribution in [0.3, 0.4) is 0 Å². The van der Waals surface area contributed by atoms with Crippen LogP contribution < -0.4 is 9.47 Å². The second-order valence-electron chi connectivity index (χ2n) is 5.79. The van der Waals surface area contributed by atoms with Gasteiger partial charge in [-0.15, -0.1) is 11.3 Å². The molecule has 1 aromatic carbocycles. The molecule has 0 saturated heterocycles. The summed E-state index contributed by atoms with van der Waals surface area (Å²) in [6.07, 6.45) is 0. The summed E-state index contributed by atoms with van der Waals surface area (Å²) >= 11 is 6.81. The molecule has 3 aromatic rings. The molecule has 0 aliphatic rings. The normalized spacial score (nSPS) is 11.7. The van der Waals surface area contributed by atoms with Gasteiger partial charge in [-0.25, -0.2) is 0 Å². The van der Waals surface area contributed by atoms with Gasteiger partial charge >= 0.3 is 11.5 Å². The first-order chi connectivity index (χ1) is 13.5. The summed E-state index contributed by atoms with van der Waals surface area (Å²) in [4.78, 5) is 24.8. The van der Waals surface area contributed by atoms with Crippen molar-refractivity contribution in [3.05, 3.63) is 39.9 Å². The molecule has 154 valence electrons. The molecule has 0 spiro atoms. The Bertz CT molecular complexity index is 1120. The highest BCUT2D eigenvalue weighted by atomic mass is 35.5. The number of hydrogen-bond donors (Lipinski definition) is 0. The number of rotatable bonds is 4. The van der Waals surface area contributed by atoms with Crippen molar-refractivity contribution in [2.75, 3.05) is 7.11 Å². The Morgan fingerprint density at radius 3 is 2.48 bits per heavy atom. The maximum absolute atomic E-state index is 13.1. The molecule has 0 amide bonds. The Labute approximate surface area is 176 Å². The lowest BCUT2D eigenvalue weighted by Crippen LogP contribution is -2.12. The number of carbonyl (C=O) groups is 2. The number of hydrogen-bond acceptors (Lipinski definition) is 6. The molecule has 0 radical (unpaired) electrons. The Hall–Kier alpha value is -2.17. The maximum atomic E-state index is 13.1. The van der Waals surface area contributed by atoms with Crippen LogP contribution in [0.25, 0.3) is 10.9 Å². The van der Waals surface area contributed by atoms with Gasteiger partial charge in [0.2, 0.25) is 0 Å². The van der Waals surface area contributed by atoms with Gasteiger partial charge in [0.05, 0.1) is 37.8 Å². The van der Waals surface area contributed by atoms with E-state index in [1.807, 2.05) is 0 Å². The predicted molar refractivity (Wildman–Crippen MR) is 106 cm³/mol. The van der Waals surface area contributed by atoms with Gasteiger partial charge in [-0.1, -0.05) is 11.6 Å². The first kappa shape index (κ1) is 21.5. The molecule has 2 aromatic heterocycles. The predicted octanol–water partition coefficient (Wildman–Crippen LogP) is 5.90. The average molecular weight is 464 g/mol. The third-order valence-corrected chi connectivity index (χ3v) is 6.21. The third-order valence-electron chi connectivity index (χ3n) is 3.89. The first-order valence-electron chi connectivity index (χ1n) is 7.99. The molecule has 0 atom stereocenters. The van der Waals surface area contributed by atoms with Gasteiger partial charge in [0, 0.05) is 6.92 Å². The first-order valence-corrected chi connectivity index (χ1v) is 10.0. The van der Waals surface area contributed by atoms with Crippen molar-refractivity contribution in [3.63, 3.8) is 0 Å². The van der Waals surface area contributed by atoms with Gasteiger partial charge in [-0.05, 0) is 43.0 Å². The number of benzene rings is 1. The van der Waals surface area contributed by atoms with E-state index in [0.717, 1.165) is 11.3 Å². The van der Waals surface area contributed by atoms with E-state index in [1.54, 1.807) is 19.1 Å². The van der Waals surface area contributed by atoms with Crippen molar-refractivity contribution < 1.29 is 32.2 Å². The fourth-order valence-electron chi connectivity index (χ4n) is 2.81. The van der Waals surface area contributed by atoms with E-state index in [-0.39, 0.29) is 37.3 Å². The van der Waals surface area contributed by atoms with Crippen LogP contribution in [0.2, 0.25) is 5.02 Å². The molecular weight excluding hydrogens is 451 g/mol. The van der Waals surface area contributed by atoms with Crippen molar-refractivity contribution in [2.45, 2.75) is 23.6 Å². The van der Waals surface area contributed by atoms with Crippen LogP contribution in [0.15, 0.2) is 28.5 Å². The van der Waals surface area contributed by atoms with Crippen molar-refractivity contribution in [3.8, 4) is 11.5 Å². The number of alkyl halides is 3. The van der Waals surface area contributed by atoms with Crippen LogP contribution in [0, 0.1) is 6.92 Å². The summed E-state index contributed by atoms with van der Waals surface area (Å²) in [5.74, 6) is -0.770. The van der Waals surface area contributed by atoms with Gasteiger partial charge in [0.15, 0.2) is 5.75 Å². The Balaban J connectivity index is 2.16. The molecule has 29 heavy (non-hydrogen) atoms. The van der Waals surface area contributed by atoms with Crippen molar-refractivity contribution >= 4 is 57.5 Å². The molecule has 0 unspecified atom stereocenters. The number of aromatic nitrogens is 1. The number of methoxy groups -OCH3 is 1. The van der Waals surface area contributed by atoms with E-state index in [4.69, 9.17) is 21.1 Å². The lowest BCUT2D eigenvalue weighted by molar-refractivity contribution is -0.131. The van der Waals surface area contributed by atoms with Gasteiger partial charge in [0.25, 0.3) is 5.91 Å². The second-order valence-corrected chi connectivity index (χ2v) is 8.62.